The third-order valence-electron chi connectivity index (χ3n) is 2.43. The van der Waals surface area contributed by atoms with Crippen LogP contribution in [-0.2, 0) is 9.53 Å². The van der Waals surface area contributed by atoms with Gasteiger partial charge in [-0.05, 0) is 31.4 Å². The highest BCUT2D eigenvalue weighted by Crippen LogP contribution is 2.19. The average molecular weight is 237 g/mol. The molecule has 0 radical (unpaired) electrons. The number of unbranched alkanes of at least 4 members (excludes halogenated alkanes) is 2. The van der Waals surface area contributed by atoms with Gasteiger partial charge in [-0.3, -0.25) is 4.79 Å². The SMILES string of the molecule is COC(=O)CCCCCOc1ccccc1N. The van der Waals surface area contributed by atoms with E-state index < -0.39 is 0 Å². The first-order valence-corrected chi connectivity index (χ1v) is 5.78. The van der Waals surface area contributed by atoms with E-state index in [4.69, 9.17) is 10.5 Å². The van der Waals surface area contributed by atoms with Crippen molar-refractivity contribution in [3.8, 4) is 5.75 Å². The number of methoxy groups -OCH3 is 1. The Kier molecular flexibility index (Phi) is 5.93. The number of benzene rings is 1. The zero-order chi connectivity index (χ0) is 12.5. The summed E-state index contributed by atoms with van der Waals surface area (Å²) in [5, 5.41) is 0. The lowest BCUT2D eigenvalue weighted by Crippen LogP contribution is -2.02. The fourth-order valence-corrected chi connectivity index (χ4v) is 1.44. The van der Waals surface area contributed by atoms with Gasteiger partial charge in [-0.25, -0.2) is 0 Å². The summed E-state index contributed by atoms with van der Waals surface area (Å²) in [6.07, 6.45) is 3.16. The van der Waals surface area contributed by atoms with Crippen LogP contribution in [0.15, 0.2) is 24.3 Å². The normalized spacial score (nSPS) is 9.94. The highest BCUT2D eigenvalue weighted by atomic mass is 16.5. The summed E-state index contributed by atoms with van der Waals surface area (Å²) in [4.78, 5) is 10.8. The lowest BCUT2D eigenvalue weighted by Gasteiger charge is -2.07. The average Bonchev–Trinajstić information content (AvgIpc) is 2.35. The fraction of sp³-hybridized carbons (Fsp3) is 0.462. The third kappa shape index (κ3) is 5.24. The minimum atomic E-state index is -0.154. The lowest BCUT2D eigenvalue weighted by molar-refractivity contribution is -0.140. The van der Waals surface area contributed by atoms with E-state index in [1.54, 1.807) is 0 Å². The predicted molar refractivity (Wildman–Crippen MR) is 66.8 cm³/mol. The molecule has 0 saturated heterocycles. The summed E-state index contributed by atoms with van der Waals surface area (Å²) in [5.74, 6) is 0.568. The van der Waals surface area contributed by atoms with Crippen molar-refractivity contribution in [1.82, 2.24) is 0 Å². The summed E-state index contributed by atoms with van der Waals surface area (Å²) in [7, 11) is 1.41. The van der Waals surface area contributed by atoms with Gasteiger partial charge in [0.2, 0.25) is 0 Å². The van der Waals surface area contributed by atoms with Crippen LogP contribution in [0.5, 0.6) is 5.75 Å². The second-order valence-electron chi connectivity index (χ2n) is 3.77. The molecule has 0 bridgehead atoms. The Labute approximate surface area is 102 Å². The predicted octanol–water partition coefficient (Wildman–Crippen LogP) is 2.38. The van der Waals surface area contributed by atoms with Gasteiger partial charge in [-0.15, -0.1) is 0 Å². The topological polar surface area (TPSA) is 61.5 Å². The molecule has 0 fully saturated rings. The van der Waals surface area contributed by atoms with Crippen molar-refractivity contribution in [2.75, 3.05) is 19.5 Å². The van der Waals surface area contributed by atoms with Gasteiger partial charge in [-0.2, -0.15) is 0 Å². The third-order valence-corrected chi connectivity index (χ3v) is 2.43. The summed E-state index contributed by atoms with van der Waals surface area (Å²) in [5.41, 5.74) is 6.39. The van der Waals surface area contributed by atoms with Gasteiger partial charge in [0.05, 0.1) is 19.4 Å². The summed E-state index contributed by atoms with van der Waals surface area (Å²) in [6, 6.07) is 7.43. The molecule has 94 valence electrons. The zero-order valence-electron chi connectivity index (χ0n) is 10.1. The van der Waals surface area contributed by atoms with Crippen molar-refractivity contribution in [3.05, 3.63) is 24.3 Å². The molecule has 4 heteroatoms. The molecule has 0 spiro atoms. The minimum absolute atomic E-state index is 0.154. The highest BCUT2D eigenvalue weighted by molar-refractivity contribution is 5.68. The van der Waals surface area contributed by atoms with Crippen molar-refractivity contribution >= 4 is 11.7 Å². The number of hydrogen-bond acceptors (Lipinski definition) is 4. The highest BCUT2D eigenvalue weighted by Gasteiger charge is 2.00. The molecule has 1 aromatic rings. The molecule has 2 N–H and O–H groups in total. The van der Waals surface area contributed by atoms with E-state index in [0.29, 0.717) is 18.7 Å². The number of nitrogens with two attached hydrogens (primary N) is 1. The van der Waals surface area contributed by atoms with Gasteiger partial charge in [0.25, 0.3) is 0 Å². The van der Waals surface area contributed by atoms with Crippen LogP contribution in [0.2, 0.25) is 0 Å². The second kappa shape index (κ2) is 7.54. The molecular weight excluding hydrogens is 218 g/mol. The molecule has 0 heterocycles. The number of esters is 1. The van der Waals surface area contributed by atoms with Gasteiger partial charge >= 0.3 is 5.97 Å². The van der Waals surface area contributed by atoms with E-state index in [1.165, 1.54) is 7.11 Å². The van der Waals surface area contributed by atoms with Crippen LogP contribution >= 0.6 is 0 Å². The Balaban J connectivity index is 2.09. The Morgan fingerprint density at radius 3 is 2.71 bits per heavy atom. The van der Waals surface area contributed by atoms with Crippen LogP contribution in [-0.4, -0.2) is 19.7 Å². The maximum Gasteiger partial charge on any atom is 0.305 e. The monoisotopic (exact) mass is 237 g/mol. The van der Waals surface area contributed by atoms with Crippen molar-refractivity contribution in [2.45, 2.75) is 25.7 Å². The molecule has 0 unspecified atom stereocenters. The van der Waals surface area contributed by atoms with Crippen molar-refractivity contribution in [1.29, 1.82) is 0 Å². The number of ether oxygens (including phenoxy) is 2. The smallest absolute Gasteiger partial charge is 0.305 e. The van der Waals surface area contributed by atoms with Crippen molar-refractivity contribution < 1.29 is 14.3 Å². The zero-order valence-corrected chi connectivity index (χ0v) is 10.1. The largest absolute Gasteiger partial charge is 0.491 e. The Morgan fingerprint density at radius 2 is 2.00 bits per heavy atom. The van der Waals surface area contributed by atoms with Crippen LogP contribution in [0.3, 0.4) is 0 Å². The van der Waals surface area contributed by atoms with Crippen LogP contribution in [0.25, 0.3) is 0 Å². The second-order valence-corrected chi connectivity index (χ2v) is 3.77. The molecule has 0 aliphatic rings. The van der Waals surface area contributed by atoms with Crippen LogP contribution in [0, 0.1) is 0 Å². The Morgan fingerprint density at radius 1 is 1.24 bits per heavy atom. The number of nitrogen functional groups attached to an aromatic ring is 1. The molecule has 0 aliphatic heterocycles. The first-order valence-electron chi connectivity index (χ1n) is 5.78. The fourth-order valence-electron chi connectivity index (χ4n) is 1.44. The van der Waals surface area contributed by atoms with Gasteiger partial charge < -0.3 is 15.2 Å². The number of carbonyl (C=O) groups is 1. The molecule has 17 heavy (non-hydrogen) atoms. The maximum absolute atomic E-state index is 10.8. The molecule has 0 aliphatic carbocycles. The van der Waals surface area contributed by atoms with Crippen LogP contribution in [0.4, 0.5) is 5.69 Å². The van der Waals surface area contributed by atoms with Gasteiger partial charge in [0, 0.05) is 6.42 Å². The Bertz CT molecular complexity index is 352. The van der Waals surface area contributed by atoms with E-state index in [0.717, 1.165) is 25.0 Å². The van der Waals surface area contributed by atoms with E-state index in [9.17, 15) is 4.79 Å². The van der Waals surface area contributed by atoms with E-state index in [2.05, 4.69) is 4.74 Å². The van der Waals surface area contributed by atoms with Gasteiger partial charge in [0.1, 0.15) is 5.75 Å². The van der Waals surface area contributed by atoms with Crippen LogP contribution < -0.4 is 10.5 Å². The van der Waals surface area contributed by atoms with E-state index in [-0.39, 0.29) is 5.97 Å². The molecule has 1 rings (SSSR count). The molecule has 0 atom stereocenters. The quantitative estimate of drug-likeness (QED) is 0.449. The lowest BCUT2D eigenvalue weighted by atomic mass is 10.2. The first-order chi connectivity index (χ1) is 8.24. The Hall–Kier alpha value is -1.71. The minimum Gasteiger partial charge on any atom is -0.491 e. The molecule has 0 amide bonds. The number of rotatable bonds is 7. The first kappa shape index (κ1) is 13.4. The van der Waals surface area contributed by atoms with E-state index in [1.807, 2.05) is 24.3 Å². The van der Waals surface area contributed by atoms with E-state index >= 15 is 0 Å². The molecule has 1 aromatic carbocycles. The molecule has 0 aromatic heterocycles. The van der Waals surface area contributed by atoms with Crippen LogP contribution in [0.1, 0.15) is 25.7 Å². The summed E-state index contributed by atoms with van der Waals surface area (Å²) in [6.45, 7) is 0.620. The van der Waals surface area contributed by atoms with Gasteiger partial charge in [-0.1, -0.05) is 12.1 Å². The molecule has 4 nitrogen and oxygen atoms in total. The van der Waals surface area contributed by atoms with Gasteiger partial charge in [0.15, 0.2) is 0 Å². The standard InChI is InChI=1S/C13H19NO3/c1-16-13(15)9-3-2-6-10-17-12-8-5-4-7-11(12)14/h4-5,7-8H,2-3,6,9-10,14H2,1H3. The number of para-hydroxylation sites is 2. The summed E-state index contributed by atoms with van der Waals surface area (Å²) < 4.78 is 10.1. The number of anilines is 1. The number of carbonyl (C=O) groups excluding carboxylic acids is 1. The van der Waals surface area contributed by atoms with Crippen molar-refractivity contribution in [3.63, 3.8) is 0 Å². The maximum atomic E-state index is 10.8. The summed E-state index contributed by atoms with van der Waals surface area (Å²) >= 11 is 0. The number of hydrogen-bond donors (Lipinski definition) is 1. The molecule has 0 saturated carbocycles. The van der Waals surface area contributed by atoms with Crippen molar-refractivity contribution in [2.24, 2.45) is 0 Å². The molecular formula is C13H19NO3.